The zero-order valence-corrected chi connectivity index (χ0v) is 27.6. The number of nitrogens with zero attached hydrogens (tertiary/aromatic N) is 4. The summed E-state index contributed by atoms with van der Waals surface area (Å²) in [6.07, 6.45) is 11.5. The number of ether oxygens (including phenoxy) is 2. The largest absolute Gasteiger partial charge is 0.481 e. The summed E-state index contributed by atoms with van der Waals surface area (Å²) in [6, 6.07) is 13.9. The van der Waals surface area contributed by atoms with E-state index in [0.29, 0.717) is 36.0 Å². The maximum atomic E-state index is 13.1. The van der Waals surface area contributed by atoms with Crippen LogP contribution in [-0.2, 0) is 15.9 Å². The number of carbonyl (C=O) groups is 1. The maximum absolute atomic E-state index is 13.1. The zero-order valence-electron chi connectivity index (χ0n) is 27.6. The van der Waals surface area contributed by atoms with Gasteiger partial charge in [0.2, 0.25) is 11.8 Å². The van der Waals surface area contributed by atoms with Gasteiger partial charge in [0.05, 0.1) is 24.9 Å². The third-order valence-electron chi connectivity index (χ3n) is 8.72. The van der Waals surface area contributed by atoms with Gasteiger partial charge in [-0.15, -0.1) is 0 Å². The number of aryl methyl sites for hydroxylation is 2. The number of nitrogens with one attached hydrogen (secondary N) is 2. The van der Waals surface area contributed by atoms with Gasteiger partial charge in [-0.1, -0.05) is 30.0 Å². The average molecular weight is 636 g/mol. The van der Waals surface area contributed by atoms with Crippen molar-refractivity contribution in [3.8, 4) is 11.8 Å². The Balaban J connectivity index is 1.17. The first kappa shape index (κ1) is 33.6. The van der Waals surface area contributed by atoms with Gasteiger partial charge in [-0.25, -0.2) is 9.97 Å². The third kappa shape index (κ3) is 10.1. The van der Waals surface area contributed by atoms with E-state index in [-0.39, 0.29) is 17.8 Å². The van der Waals surface area contributed by atoms with E-state index in [1.54, 1.807) is 18.6 Å². The molecule has 0 radical (unpaired) electrons. The fourth-order valence-corrected chi connectivity index (χ4v) is 5.58. The SMILES string of the molecule is COC(N)=C(C=NC1CCOCC1)Nc1ncc(C#Cc2cc(C(=O)Nc3ccc(CCC4CCN(C)CC4)cc3)ccc2C)cn1. The average Bonchev–Trinajstić information content (AvgIpc) is 3.10. The summed E-state index contributed by atoms with van der Waals surface area (Å²) in [5, 5.41) is 6.10. The lowest BCUT2D eigenvalue weighted by Gasteiger charge is -2.28. The summed E-state index contributed by atoms with van der Waals surface area (Å²) in [5.74, 6) is 7.43. The predicted molar refractivity (Wildman–Crippen MR) is 186 cm³/mol. The minimum atomic E-state index is -0.176. The van der Waals surface area contributed by atoms with Crippen molar-refractivity contribution in [1.82, 2.24) is 14.9 Å². The molecule has 0 unspecified atom stereocenters. The van der Waals surface area contributed by atoms with Crippen molar-refractivity contribution in [1.29, 1.82) is 0 Å². The number of aromatic nitrogens is 2. The molecule has 0 atom stereocenters. The number of hydrogen-bond donors (Lipinski definition) is 3. The number of piperidine rings is 1. The number of rotatable bonds is 10. The van der Waals surface area contributed by atoms with Gasteiger partial charge < -0.3 is 30.7 Å². The molecule has 47 heavy (non-hydrogen) atoms. The topological polar surface area (TPSA) is 127 Å². The summed E-state index contributed by atoms with van der Waals surface area (Å²) in [7, 11) is 3.69. The molecule has 5 rings (SSSR count). The van der Waals surface area contributed by atoms with Gasteiger partial charge in [-0.3, -0.25) is 9.79 Å². The number of aliphatic imine (C=N–C) groups is 1. The molecule has 0 spiro atoms. The van der Waals surface area contributed by atoms with Gasteiger partial charge in [0, 0.05) is 42.4 Å². The van der Waals surface area contributed by atoms with Crippen LogP contribution >= 0.6 is 0 Å². The predicted octanol–water partition coefficient (Wildman–Crippen LogP) is 5.15. The number of benzene rings is 2. The van der Waals surface area contributed by atoms with Crippen LogP contribution in [0.2, 0.25) is 0 Å². The van der Waals surface area contributed by atoms with Gasteiger partial charge in [0.25, 0.3) is 5.91 Å². The minimum Gasteiger partial charge on any atom is -0.481 e. The molecule has 246 valence electrons. The van der Waals surface area contributed by atoms with E-state index < -0.39 is 0 Å². The highest BCUT2D eigenvalue weighted by atomic mass is 16.5. The lowest BCUT2D eigenvalue weighted by molar-refractivity contribution is 0.0872. The second kappa shape index (κ2) is 16.7. The number of carbonyl (C=O) groups excluding carboxylic acids is 1. The Morgan fingerprint density at radius 2 is 1.79 bits per heavy atom. The molecule has 2 aliphatic rings. The number of hydrogen-bond acceptors (Lipinski definition) is 9. The molecule has 2 aliphatic heterocycles. The van der Waals surface area contributed by atoms with Crippen LogP contribution in [0.4, 0.5) is 11.6 Å². The first-order chi connectivity index (χ1) is 22.9. The molecule has 0 saturated carbocycles. The quantitative estimate of drug-likeness (QED) is 0.159. The lowest BCUT2D eigenvalue weighted by Crippen LogP contribution is -2.30. The normalized spacial score (nSPS) is 16.7. The highest BCUT2D eigenvalue weighted by Gasteiger charge is 2.17. The van der Waals surface area contributed by atoms with Gasteiger partial charge in [-0.2, -0.15) is 0 Å². The van der Waals surface area contributed by atoms with Crippen LogP contribution in [0.1, 0.15) is 64.7 Å². The lowest BCUT2D eigenvalue weighted by atomic mass is 9.91. The Morgan fingerprint density at radius 1 is 1.06 bits per heavy atom. The second-order valence-electron chi connectivity index (χ2n) is 12.2. The van der Waals surface area contributed by atoms with E-state index in [0.717, 1.165) is 42.0 Å². The Hall–Kier alpha value is -4.72. The van der Waals surface area contributed by atoms with Gasteiger partial charge >= 0.3 is 0 Å². The van der Waals surface area contributed by atoms with E-state index in [4.69, 9.17) is 15.2 Å². The molecule has 10 nitrogen and oxygen atoms in total. The summed E-state index contributed by atoms with van der Waals surface area (Å²) >= 11 is 0. The van der Waals surface area contributed by atoms with E-state index >= 15 is 0 Å². The van der Waals surface area contributed by atoms with Crippen LogP contribution in [0.5, 0.6) is 0 Å². The van der Waals surface area contributed by atoms with Crippen molar-refractivity contribution < 1.29 is 14.3 Å². The summed E-state index contributed by atoms with van der Waals surface area (Å²) in [6.45, 7) is 5.75. The number of anilines is 2. The molecule has 2 saturated heterocycles. The third-order valence-corrected chi connectivity index (χ3v) is 8.72. The molecule has 3 aromatic rings. The minimum absolute atomic E-state index is 0.173. The highest BCUT2D eigenvalue weighted by Crippen LogP contribution is 2.22. The van der Waals surface area contributed by atoms with Gasteiger partial charge in [-0.05, 0) is 107 Å². The summed E-state index contributed by atoms with van der Waals surface area (Å²) < 4.78 is 10.6. The van der Waals surface area contributed by atoms with Crippen LogP contribution < -0.4 is 16.4 Å². The van der Waals surface area contributed by atoms with Crippen LogP contribution in [0, 0.1) is 24.7 Å². The molecule has 10 heteroatoms. The molecule has 2 fully saturated rings. The number of nitrogens with two attached hydrogens (primary N) is 1. The Kier molecular flexibility index (Phi) is 12.0. The molecule has 1 amide bonds. The van der Waals surface area contributed by atoms with Crippen LogP contribution in [-0.4, -0.2) is 73.5 Å². The van der Waals surface area contributed by atoms with Crippen molar-refractivity contribution in [2.24, 2.45) is 16.6 Å². The monoisotopic (exact) mass is 635 g/mol. The molecule has 1 aromatic heterocycles. The van der Waals surface area contributed by atoms with E-state index in [9.17, 15) is 4.79 Å². The van der Waals surface area contributed by atoms with Crippen LogP contribution in [0.25, 0.3) is 0 Å². The fraction of sp³-hybridized carbons (Fsp3) is 0.405. The number of likely N-dealkylation sites (tertiary alicyclic amines) is 1. The number of allylic oxidation sites excluding steroid dienone is 1. The van der Waals surface area contributed by atoms with E-state index in [1.165, 1.54) is 45.0 Å². The van der Waals surface area contributed by atoms with Crippen molar-refractivity contribution in [2.45, 2.75) is 51.5 Å². The second-order valence-corrected chi connectivity index (χ2v) is 12.2. The van der Waals surface area contributed by atoms with Gasteiger partial charge in [0.1, 0.15) is 5.70 Å². The number of methoxy groups -OCH3 is 1. The first-order valence-corrected chi connectivity index (χ1v) is 16.3. The van der Waals surface area contributed by atoms with E-state index in [2.05, 4.69) is 61.5 Å². The first-order valence-electron chi connectivity index (χ1n) is 16.3. The summed E-state index contributed by atoms with van der Waals surface area (Å²) in [5.41, 5.74) is 11.5. The molecular weight excluding hydrogens is 590 g/mol. The van der Waals surface area contributed by atoms with Crippen molar-refractivity contribution in [2.75, 3.05) is 51.1 Å². The highest BCUT2D eigenvalue weighted by molar-refractivity contribution is 6.04. The standard InChI is InChI=1S/C37H45N7O3/c1-26-4-10-31(36(45)42-33-12-8-27(9-13-33)5-6-28-14-18-44(2)19-15-28)22-30(26)11-7-29-23-40-37(41-24-29)43-34(35(38)46-3)25-39-32-16-20-47-21-17-32/h4,8-10,12-13,22-25,28,32H,5-6,14-21,38H2,1-3H3,(H,42,45)(H,40,41,43). The Bertz CT molecular complexity index is 1610. The van der Waals surface area contributed by atoms with Crippen molar-refractivity contribution in [3.63, 3.8) is 0 Å². The maximum Gasteiger partial charge on any atom is 0.255 e. The molecule has 0 bridgehead atoms. The zero-order chi connectivity index (χ0) is 33.0. The van der Waals surface area contributed by atoms with Gasteiger partial charge in [0.15, 0.2) is 0 Å². The van der Waals surface area contributed by atoms with Crippen molar-refractivity contribution >= 4 is 23.8 Å². The Labute approximate surface area is 277 Å². The van der Waals surface area contributed by atoms with Crippen LogP contribution in [0.15, 0.2) is 71.4 Å². The molecule has 3 heterocycles. The molecule has 4 N–H and O–H groups in total. The van der Waals surface area contributed by atoms with Crippen LogP contribution in [0.3, 0.4) is 0 Å². The molecule has 2 aromatic carbocycles. The van der Waals surface area contributed by atoms with E-state index in [1.807, 2.05) is 37.3 Å². The molecule has 0 aliphatic carbocycles. The summed E-state index contributed by atoms with van der Waals surface area (Å²) in [4.78, 5) is 28.9. The fourth-order valence-electron chi connectivity index (χ4n) is 5.58. The molecular formula is C37H45N7O3. The van der Waals surface area contributed by atoms with Crippen molar-refractivity contribution in [3.05, 3.63) is 94.3 Å². The smallest absolute Gasteiger partial charge is 0.255 e. The Morgan fingerprint density at radius 3 is 2.49 bits per heavy atom. The number of amides is 1.